The molecular formula is C13H14N2O4S. The second-order valence-electron chi connectivity index (χ2n) is 4.36. The maximum absolute atomic E-state index is 12.4. The first-order chi connectivity index (χ1) is 9.33. The Hall–Kier alpha value is -2.15. The van der Waals surface area contributed by atoms with Crippen LogP contribution in [-0.2, 0) is 10.0 Å². The van der Waals surface area contributed by atoms with Crippen molar-refractivity contribution >= 4 is 21.5 Å². The number of anilines is 1. The fourth-order valence-corrected chi connectivity index (χ4v) is 3.34. The molecule has 0 aliphatic rings. The molecule has 7 heteroatoms. The van der Waals surface area contributed by atoms with Gasteiger partial charge in [0.15, 0.2) is 16.4 Å². The van der Waals surface area contributed by atoms with Gasteiger partial charge in [0.25, 0.3) is 10.0 Å². The predicted molar refractivity (Wildman–Crippen MR) is 73.2 cm³/mol. The van der Waals surface area contributed by atoms with Gasteiger partial charge in [-0.05, 0) is 32.9 Å². The summed E-state index contributed by atoms with van der Waals surface area (Å²) in [5.41, 5.74) is 0.818. The standard InChI is InChI=1S/C13H14N2O4S/c1-8-13(10(3)19-14-8)20(17,18)15-12-7-5-4-6-11(12)9(2)16/h4-7,15H,1-3H3. The highest BCUT2D eigenvalue weighted by atomic mass is 32.2. The van der Waals surface area contributed by atoms with Gasteiger partial charge in [0.1, 0.15) is 5.69 Å². The van der Waals surface area contributed by atoms with E-state index in [0.29, 0.717) is 5.56 Å². The van der Waals surface area contributed by atoms with Crippen LogP contribution in [0.25, 0.3) is 0 Å². The summed E-state index contributed by atoms with van der Waals surface area (Å²) in [5, 5.41) is 3.62. The Morgan fingerprint density at radius 2 is 1.90 bits per heavy atom. The largest absolute Gasteiger partial charge is 0.360 e. The molecule has 0 aliphatic heterocycles. The number of sulfonamides is 1. The number of Topliss-reactive ketones (excluding diaryl/α,β-unsaturated/α-hetero) is 1. The van der Waals surface area contributed by atoms with Crippen LogP contribution < -0.4 is 4.72 Å². The van der Waals surface area contributed by atoms with Crippen LogP contribution in [0.2, 0.25) is 0 Å². The van der Waals surface area contributed by atoms with Crippen molar-refractivity contribution in [3.8, 4) is 0 Å². The van der Waals surface area contributed by atoms with E-state index in [-0.39, 0.29) is 27.8 Å². The summed E-state index contributed by atoms with van der Waals surface area (Å²) >= 11 is 0. The fourth-order valence-electron chi connectivity index (χ4n) is 1.93. The van der Waals surface area contributed by atoms with Crippen molar-refractivity contribution in [3.05, 3.63) is 41.3 Å². The van der Waals surface area contributed by atoms with Crippen molar-refractivity contribution < 1.29 is 17.7 Å². The number of ketones is 1. The number of nitrogens with one attached hydrogen (secondary N) is 1. The lowest BCUT2D eigenvalue weighted by atomic mass is 10.1. The maximum atomic E-state index is 12.4. The molecule has 0 spiro atoms. The molecular weight excluding hydrogens is 280 g/mol. The van der Waals surface area contributed by atoms with E-state index in [1.54, 1.807) is 25.1 Å². The van der Waals surface area contributed by atoms with Crippen LogP contribution in [0.1, 0.15) is 28.7 Å². The SMILES string of the molecule is CC(=O)c1ccccc1NS(=O)(=O)c1c(C)noc1C. The van der Waals surface area contributed by atoms with Gasteiger partial charge < -0.3 is 4.52 Å². The molecule has 1 aromatic carbocycles. The van der Waals surface area contributed by atoms with Crippen LogP contribution in [0.5, 0.6) is 0 Å². The van der Waals surface area contributed by atoms with Crippen LogP contribution >= 0.6 is 0 Å². The molecule has 0 amide bonds. The summed E-state index contributed by atoms with van der Waals surface area (Å²) in [6.07, 6.45) is 0. The van der Waals surface area contributed by atoms with Crippen LogP contribution in [0.3, 0.4) is 0 Å². The number of para-hydroxylation sites is 1. The minimum Gasteiger partial charge on any atom is -0.360 e. The monoisotopic (exact) mass is 294 g/mol. The van der Waals surface area contributed by atoms with E-state index in [1.807, 2.05) is 0 Å². The summed E-state index contributed by atoms with van der Waals surface area (Å²) in [6.45, 7) is 4.44. The van der Waals surface area contributed by atoms with E-state index in [1.165, 1.54) is 19.9 Å². The maximum Gasteiger partial charge on any atom is 0.267 e. The molecule has 0 atom stereocenters. The average molecular weight is 294 g/mol. The molecule has 0 saturated heterocycles. The number of nitrogens with zero attached hydrogens (tertiary/aromatic N) is 1. The first-order valence-electron chi connectivity index (χ1n) is 5.88. The molecule has 1 aromatic heterocycles. The highest BCUT2D eigenvalue weighted by Crippen LogP contribution is 2.24. The minimum atomic E-state index is -3.85. The number of benzene rings is 1. The zero-order valence-corrected chi connectivity index (χ0v) is 12.1. The molecule has 6 nitrogen and oxygen atoms in total. The molecule has 0 radical (unpaired) electrons. The Morgan fingerprint density at radius 3 is 2.45 bits per heavy atom. The van der Waals surface area contributed by atoms with Gasteiger partial charge in [0.05, 0.1) is 5.69 Å². The number of hydrogen-bond acceptors (Lipinski definition) is 5. The molecule has 20 heavy (non-hydrogen) atoms. The van der Waals surface area contributed by atoms with E-state index < -0.39 is 10.0 Å². The third-order valence-electron chi connectivity index (χ3n) is 2.79. The van der Waals surface area contributed by atoms with Crippen LogP contribution in [-0.4, -0.2) is 19.4 Å². The molecule has 1 N–H and O–H groups in total. The van der Waals surface area contributed by atoms with E-state index in [4.69, 9.17) is 4.52 Å². The quantitative estimate of drug-likeness (QED) is 0.874. The van der Waals surface area contributed by atoms with Crippen molar-refractivity contribution in [1.29, 1.82) is 0 Å². The van der Waals surface area contributed by atoms with Crippen LogP contribution in [0.15, 0.2) is 33.7 Å². The average Bonchev–Trinajstić information content (AvgIpc) is 2.69. The molecule has 2 rings (SSSR count). The normalized spacial score (nSPS) is 11.3. The molecule has 0 saturated carbocycles. The Bertz CT molecular complexity index is 743. The van der Waals surface area contributed by atoms with Gasteiger partial charge in [0.2, 0.25) is 0 Å². The van der Waals surface area contributed by atoms with Crippen LogP contribution in [0.4, 0.5) is 5.69 Å². The van der Waals surface area contributed by atoms with Gasteiger partial charge in [-0.1, -0.05) is 17.3 Å². The third kappa shape index (κ3) is 2.57. The molecule has 2 aromatic rings. The van der Waals surface area contributed by atoms with Crippen molar-refractivity contribution in [2.45, 2.75) is 25.7 Å². The lowest BCUT2D eigenvalue weighted by Gasteiger charge is -2.10. The second-order valence-corrected chi connectivity index (χ2v) is 5.98. The van der Waals surface area contributed by atoms with E-state index in [2.05, 4.69) is 9.88 Å². The van der Waals surface area contributed by atoms with E-state index >= 15 is 0 Å². The minimum absolute atomic E-state index is 0.00384. The lowest BCUT2D eigenvalue weighted by Crippen LogP contribution is -2.16. The highest BCUT2D eigenvalue weighted by molar-refractivity contribution is 7.92. The van der Waals surface area contributed by atoms with Gasteiger partial charge in [-0.25, -0.2) is 8.42 Å². The molecule has 1 heterocycles. The molecule has 0 fully saturated rings. The number of carbonyl (C=O) groups excluding carboxylic acids is 1. The van der Waals surface area contributed by atoms with Crippen molar-refractivity contribution in [2.24, 2.45) is 0 Å². The van der Waals surface area contributed by atoms with Gasteiger partial charge >= 0.3 is 0 Å². The summed E-state index contributed by atoms with van der Waals surface area (Å²) in [7, 11) is -3.85. The Kier molecular flexibility index (Phi) is 3.63. The zero-order chi connectivity index (χ0) is 14.9. The van der Waals surface area contributed by atoms with Crippen molar-refractivity contribution in [1.82, 2.24) is 5.16 Å². The third-order valence-corrected chi connectivity index (χ3v) is 4.40. The number of rotatable bonds is 4. The Morgan fingerprint density at radius 1 is 1.25 bits per heavy atom. The first-order valence-corrected chi connectivity index (χ1v) is 7.37. The molecule has 0 bridgehead atoms. The van der Waals surface area contributed by atoms with Crippen LogP contribution in [0, 0.1) is 13.8 Å². The number of carbonyl (C=O) groups is 1. The summed E-state index contributed by atoms with van der Waals surface area (Å²) in [5.74, 6) is -0.0163. The van der Waals surface area contributed by atoms with Gasteiger partial charge in [0, 0.05) is 5.56 Å². The van der Waals surface area contributed by atoms with Crippen molar-refractivity contribution in [2.75, 3.05) is 4.72 Å². The fraction of sp³-hybridized carbons (Fsp3) is 0.231. The molecule has 0 aliphatic carbocycles. The summed E-state index contributed by atoms with van der Waals surface area (Å²) in [4.78, 5) is 11.5. The lowest BCUT2D eigenvalue weighted by molar-refractivity contribution is 0.101. The molecule has 106 valence electrons. The zero-order valence-electron chi connectivity index (χ0n) is 11.3. The first kappa shape index (κ1) is 14.3. The second kappa shape index (κ2) is 5.09. The summed E-state index contributed by atoms with van der Waals surface area (Å²) < 4.78 is 32.0. The summed E-state index contributed by atoms with van der Waals surface area (Å²) in [6, 6.07) is 6.42. The smallest absolute Gasteiger partial charge is 0.267 e. The predicted octanol–water partition coefficient (Wildman–Crippen LogP) is 2.29. The Balaban J connectivity index is 2.47. The highest BCUT2D eigenvalue weighted by Gasteiger charge is 2.25. The number of hydrogen-bond donors (Lipinski definition) is 1. The van der Waals surface area contributed by atoms with Crippen molar-refractivity contribution in [3.63, 3.8) is 0 Å². The van der Waals surface area contributed by atoms with Gasteiger partial charge in [-0.3, -0.25) is 9.52 Å². The Labute approximate surface area is 116 Å². The van der Waals surface area contributed by atoms with E-state index in [9.17, 15) is 13.2 Å². The molecule has 0 unspecified atom stereocenters. The topological polar surface area (TPSA) is 89.3 Å². The van der Waals surface area contributed by atoms with E-state index in [0.717, 1.165) is 0 Å². The number of aromatic nitrogens is 1. The number of aryl methyl sites for hydroxylation is 2. The van der Waals surface area contributed by atoms with Gasteiger partial charge in [-0.15, -0.1) is 0 Å². The van der Waals surface area contributed by atoms with Gasteiger partial charge in [-0.2, -0.15) is 0 Å².